The van der Waals surface area contributed by atoms with Gasteiger partial charge in [-0.25, -0.2) is 9.67 Å². The number of H-pyrrole nitrogens is 1. The van der Waals surface area contributed by atoms with E-state index in [4.69, 9.17) is 4.74 Å². The van der Waals surface area contributed by atoms with Crippen molar-refractivity contribution in [2.75, 3.05) is 20.3 Å². The van der Waals surface area contributed by atoms with Crippen LogP contribution in [0.5, 0.6) is 0 Å². The molecule has 2 aromatic heterocycles. The molecule has 0 unspecified atom stereocenters. The lowest BCUT2D eigenvalue weighted by Gasteiger charge is -2.27. The summed E-state index contributed by atoms with van der Waals surface area (Å²) in [6.45, 7) is 1.80. The average molecular weight is 417 g/mol. The number of carbonyl (C=O) groups is 1. The Morgan fingerprint density at radius 1 is 1.13 bits per heavy atom. The fourth-order valence-electron chi connectivity index (χ4n) is 4.19. The Labute approximate surface area is 178 Å². The van der Waals surface area contributed by atoms with Gasteiger partial charge in [0, 0.05) is 19.2 Å². The molecule has 0 spiro atoms. The summed E-state index contributed by atoms with van der Waals surface area (Å²) >= 11 is 0. The molecule has 0 fully saturated rings. The first-order valence-corrected chi connectivity index (χ1v) is 10.3. The highest BCUT2D eigenvalue weighted by Crippen LogP contribution is 2.21. The Kier molecular flexibility index (Phi) is 4.91. The van der Waals surface area contributed by atoms with Gasteiger partial charge in [0.1, 0.15) is 0 Å². The largest absolute Gasteiger partial charge is 0.383 e. The molecule has 3 heterocycles. The molecule has 2 aromatic carbocycles. The van der Waals surface area contributed by atoms with E-state index < -0.39 is 0 Å². The van der Waals surface area contributed by atoms with Crippen LogP contribution < -0.4 is 5.56 Å². The summed E-state index contributed by atoms with van der Waals surface area (Å²) in [4.78, 5) is 35.7. The van der Waals surface area contributed by atoms with Crippen LogP contribution in [0.2, 0.25) is 0 Å². The second-order valence-electron chi connectivity index (χ2n) is 7.57. The van der Waals surface area contributed by atoms with Gasteiger partial charge in [-0.05, 0) is 30.7 Å². The molecule has 4 aromatic rings. The maximum atomic E-state index is 13.2. The second-order valence-corrected chi connectivity index (χ2v) is 7.57. The van der Waals surface area contributed by atoms with Crippen LogP contribution in [0.4, 0.5) is 0 Å². The number of methoxy groups -OCH3 is 1. The van der Waals surface area contributed by atoms with Crippen LogP contribution in [0.15, 0.2) is 59.4 Å². The van der Waals surface area contributed by atoms with Gasteiger partial charge in [0.15, 0.2) is 5.82 Å². The maximum Gasteiger partial charge on any atom is 0.290 e. The highest BCUT2D eigenvalue weighted by Gasteiger charge is 2.30. The maximum absolute atomic E-state index is 13.2. The van der Waals surface area contributed by atoms with E-state index in [1.165, 1.54) is 0 Å². The number of para-hydroxylation sites is 3. The molecule has 31 heavy (non-hydrogen) atoms. The number of nitrogens with zero attached hydrogens (tertiary/aromatic N) is 4. The highest BCUT2D eigenvalue weighted by atomic mass is 16.5. The molecule has 0 bridgehead atoms. The lowest BCUT2D eigenvalue weighted by molar-refractivity contribution is 0.0717. The van der Waals surface area contributed by atoms with Crippen LogP contribution >= 0.6 is 0 Å². The van der Waals surface area contributed by atoms with Gasteiger partial charge < -0.3 is 14.6 Å². The summed E-state index contributed by atoms with van der Waals surface area (Å²) in [5.41, 5.74) is 3.96. The van der Waals surface area contributed by atoms with Crippen LogP contribution in [-0.4, -0.2) is 50.4 Å². The third-order valence-electron chi connectivity index (χ3n) is 5.71. The molecule has 0 saturated carbocycles. The third kappa shape index (κ3) is 3.34. The number of carbonyl (C=O) groups excluding carboxylic acids is 1. The van der Waals surface area contributed by atoms with E-state index in [1.54, 1.807) is 16.7 Å². The predicted octanol–water partition coefficient (Wildman–Crippen LogP) is 2.36. The van der Waals surface area contributed by atoms with E-state index in [1.807, 2.05) is 59.3 Å². The van der Waals surface area contributed by atoms with Crippen molar-refractivity contribution in [1.29, 1.82) is 0 Å². The number of hydrogen-bond acceptors (Lipinski definition) is 4. The normalized spacial score (nSPS) is 13.5. The smallest absolute Gasteiger partial charge is 0.290 e. The molecular weight excluding hydrogens is 394 g/mol. The van der Waals surface area contributed by atoms with Crippen LogP contribution in [0.25, 0.3) is 16.7 Å². The Hall–Kier alpha value is -3.65. The first-order chi connectivity index (χ1) is 15.2. The number of ether oxygens (including phenoxy) is 1. The number of benzene rings is 2. The fourth-order valence-corrected chi connectivity index (χ4v) is 4.19. The fraction of sp³-hybridized carbons (Fsp3) is 0.261. The minimum absolute atomic E-state index is 0.0341. The topological polar surface area (TPSA) is 85.2 Å². The van der Waals surface area contributed by atoms with Crippen molar-refractivity contribution in [3.8, 4) is 5.69 Å². The zero-order valence-electron chi connectivity index (χ0n) is 17.2. The Balaban J connectivity index is 1.52. The monoisotopic (exact) mass is 417 g/mol. The SMILES string of the molecule is COCCn1c2c(c(=O)n1-c1ccccc1)CCN(C(=O)c1nc3ccccc3[nH]1)C2. The van der Waals surface area contributed by atoms with Gasteiger partial charge in [0.25, 0.3) is 11.5 Å². The number of rotatable bonds is 5. The molecule has 158 valence electrons. The van der Waals surface area contributed by atoms with Crippen molar-refractivity contribution in [2.45, 2.75) is 19.5 Å². The summed E-state index contributed by atoms with van der Waals surface area (Å²) < 4.78 is 8.91. The quantitative estimate of drug-likeness (QED) is 0.540. The van der Waals surface area contributed by atoms with E-state index in [-0.39, 0.29) is 11.5 Å². The zero-order valence-corrected chi connectivity index (χ0v) is 17.2. The first kappa shape index (κ1) is 19.3. The minimum atomic E-state index is -0.167. The lowest BCUT2D eigenvalue weighted by atomic mass is 10.1. The van der Waals surface area contributed by atoms with Crippen LogP contribution in [0.3, 0.4) is 0 Å². The number of aromatic nitrogens is 4. The molecule has 1 N–H and O–H groups in total. The van der Waals surface area contributed by atoms with Crippen LogP contribution in [-0.2, 0) is 24.2 Å². The molecule has 1 aliphatic heterocycles. The number of aromatic amines is 1. The van der Waals surface area contributed by atoms with Crippen molar-refractivity contribution in [1.82, 2.24) is 24.2 Å². The van der Waals surface area contributed by atoms with Crippen molar-refractivity contribution < 1.29 is 9.53 Å². The van der Waals surface area contributed by atoms with Crippen LogP contribution in [0, 0.1) is 0 Å². The molecule has 0 atom stereocenters. The number of imidazole rings is 1. The van der Waals surface area contributed by atoms with Crippen molar-refractivity contribution in [3.63, 3.8) is 0 Å². The summed E-state index contributed by atoms with van der Waals surface area (Å²) in [5, 5.41) is 0. The lowest BCUT2D eigenvalue weighted by Crippen LogP contribution is -2.38. The predicted molar refractivity (Wildman–Crippen MR) is 116 cm³/mol. The Morgan fingerprint density at radius 3 is 2.68 bits per heavy atom. The molecular formula is C23H23N5O3. The van der Waals surface area contributed by atoms with Gasteiger partial charge in [0.2, 0.25) is 0 Å². The van der Waals surface area contributed by atoms with E-state index in [0.29, 0.717) is 38.5 Å². The van der Waals surface area contributed by atoms with Gasteiger partial charge in [0.05, 0.1) is 42.1 Å². The van der Waals surface area contributed by atoms with Crippen molar-refractivity contribution in [3.05, 3.63) is 82.0 Å². The molecule has 8 heteroatoms. The zero-order chi connectivity index (χ0) is 21.4. The standard InChI is InChI=1S/C23H23N5O3/c1-31-14-13-27-20-15-26(23(30)21-24-18-9-5-6-10-19(18)25-21)12-11-17(20)22(29)28(27)16-7-3-2-4-8-16/h2-10H,11-15H2,1H3,(H,24,25). The molecule has 0 aliphatic carbocycles. The summed E-state index contributed by atoms with van der Waals surface area (Å²) in [6, 6.07) is 17.1. The third-order valence-corrected chi connectivity index (χ3v) is 5.71. The Morgan fingerprint density at radius 2 is 1.90 bits per heavy atom. The van der Waals surface area contributed by atoms with Crippen molar-refractivity contribution >= 4 is 16.9 Å². The molecule has 0 radical (unpaired) electrons. The summed E-state index contributed by atoms with van der Waals surface area (Å²) in [5.74, 6) is 0.151. The van der Waals surface area contributed by atoms with E-state index in [9.17, 15) is 9.59 Å². The van der Waals surface area contributed by atoms with Gasteiger partial charge in [-0.2, -0.15) is 0 Å². The van der Waals surface area contributed by atoms with Crippen molar-refractivity contribution in [2.24, 2.45) is 0 Å². The van der Waals surface area contributed by atoms with E-state index in [2.05, 4.69) is 9.97 Å². The average Bonchev–Trinajstić information content (AvgIpc) is 3.36. The molecule has 5 rings (SSSR count). The Bertz CT molecular complexity index is 1270. The molecule has 0 saturated heterocycles. The van der Waals surface area contributed by atoms with Gasteiger partial charge in [-0.1, -0.05) is 30.3 Å². The molecule has 8 nitrogen and oxygen atoms in total. The second kappa shape index (κ2) is 7.88. The minimum Gasteiger partial charge on any atom is -0.383 e. The van der Waals surface area contributed by atoms with E-state index in [0.717, 1.165) is 28.0 Å². The number of amides is 1. The van der Waals surface area contributed by atoms with Gasteiger partial charge in [-0.15, -0.1) is 0 Å². The van der Waals surface area contributed by atoms with Gasteiger partial charge in [-0.3, -0.25) is 14.3 Å². The molecule has 1 aliphatic rings. The summed E-state index contributed by atoms with van der Waals surface area (Å²) in [7, 11) is 1.64. The van der Waals surface area contributed by atoms with E-state index >= 15 is 0 Å². The number of fused-ring (bicyclic) bond motifs is 2. The van der Waals surface area contributed by atoms with Gasteiger partial charge >= 0.3 is 0 Å². The summed E-state index contributed by atoms with van der Waals surface area (Å²) in [6.07, 6.45) is 0.507. The number of hydrogen-bond donors (Lipinski definition) is 1. The molecule has 1 amide bonds. The first-order valence-electron chi connectivity index (χ1n) is 10.3. The number of nitrogens with one attached hydrogen (secondary N) is 1. The van der Waals surface area contributed by atoms with Crippen LogP contribution in [0.1, 0.15) is 21.9 Å². The highest BCUT2D eigenvalue weighted by molar-refractivity contribution is 5.94.